The van der Waals surface area contributed by atoms with Crippen molar-refractivity contribution in [2.75, 3.05) is 13.2 Å². The second-order valence-corrected chi connectivity index (χ2v) is 7.72. The van der Waals surface area contributed by atoms with E-state index in [2.05, 4.69) is 6.92 Å². The van der Waals surface area contributed by atoms with Gasteiger partial charge in [0.1, 0.15) is 12.7 Å². The standard InChI is InChI=1S/C23H36O10/c1-6-7-8-9-10-11-12-13-28-23-22(32-18(5)27)21(31-17(4)26)20(30-16(3)25)19(33-23)14-29-15(2)24/h11-12,19-23H,6-10,13-14H2,1-5H3/b12-11+/t19-,20+,21+,22-,23+/m1/s1. The molecule has 0 unspecified atom stereocenters. The van der Waals surface area contributed by atoms with Gasteiger partial charge in [0, 0.05) is 27.7 Å². The number of allylic oxidation sites excluding steroid dienone is 1. The second-order valence-electron chi connectivity index (χ2n) is 7.72. The van der Waals surface area contributed by atoms with E-state index >= 15 is 0 Å². The van der Waals surface area contributed by atoms with Crippen molar-refractivity contribution >= 4 is 23.9 Å². The lowest BCUT2D eigenvalue weighted by atomic mass is 9.98. The van der Waals surface area contributed by atoms with E-state index in [1.54, 1.807) is 0 Å². The number of unbranched alkanes of at least 4 members (excludes halogenated alkanes) is 4. The van der Waals surface area contributed by atoms with Gasteiger partial charge in [0.05, 0.1) is 6.61 Å². The molecule has 5 atom stereocenters. The molecule has 1 saturated heterocycles. The molecule has 33 heavy (non-hydrogen) atoms. The van der Waals surface area contributed by atoms with E-state index in [1.807, 2.05) is 12.2 Å². The Morgan fingerprint density at radius 2 is 1.36 bits per heavy atom. The molecule has 10 nitrogen and oxygen atoms in total. The first kappa shape index (κ1) is 28.6. The van der Waals surface area contributed by atoms with E-state index in [0.717, 1.165) is 25.7 Å². The molecule has 0 aromatic carbocycles. The van der Waals surface area contributed by atoms with E-state index in [-0.39, 0.29) is 13.2 Å². The Morgan fingerprint density at radius 1 is 0.758 bits per heavy atom. The van der Waals surface area contributed by atoms with Gasteiger partial charge in [-0.1, -0.05) is 38.3 Å². The minimum atomic E-state index is -1.23. The number of hydrogen-bond donors (Lipinski definition) is 0. The summed E-state index contributed by atoms with van der Waals surface area (Å²) in [6.07, 6.45) is 3.49. The Hall–Kier alpha value is -2.46. The molecule has 1 rings (SSSR count). The topological polar surface area (TPSA) is 124 Å². The number of rotatable bonds is 13. The second kappa shape index (κ2) is 15.4. The molecule has 0 aromatic heterocycles. The van der Waals surface area contributed by atoms with Gasteiger partial charge in [0.25, 0.3) is 0 Å². The first-order chi connectivity index (χ1) is 15.6. The molecule has 10 heteroatoms. The fourth-order valence-corrected chi connectivity index (χ4v) is 3.35. The molecule has 188 valence electrons. The minimum absolute atomic E-state index is 0.140. The molecular weight excluding hydrogens is 436 g/mol. The molecule has 0 aliphatic carbocycles. The Labute approximate surface area is 194 Å². The zero-order valence-corrected chi connectivity index (χ0v) is 20.1. The third-order valence-corrected chi connectivity index (χ3v) is 4.70. The Bertz CT molecular complexity index is 674. The fraction of sp³-hybridized carbons (Fsp3) is 0.739. The van der Waals surface area contributed by atoms with Crippen LogP contribution in [0.3, 0.4) is 0 Å². The van der Waals surface area contributed by atoms with Crippen LogP contribution in [0.1, 0.15) is 66.7 Å². The van der Waals surface area contributed by atoms with E-state index in [9.17, 15) is 19.2 Å². The van der Waals surface area contributed by atoms with Crippen LogP contribution in [0.4, 0.5) is 0 Å². The zero-order chi connectivity index (χ0) is 24.8. The maximum Gasteiger partial charge on any atom is 0.303 e. The molecule has 1 fully saturated rings. The minimum Gasteiger partial charge on any atom is -0.463 e. The monoisotopic (exact) mass is 472 g/mol. The van der Waals surface area contributed by atoms with Crippen LogP contribution < -0.4 is 0 Å². The Morgan fingerprint density at radius 3 is 1.94 bits per heavy atom. The number of carbonyl (C=O) groups is 4. The van der Waals surface area contributed by atoms with Crippen LogP contribution in [0.25, 0.3) is 0 Å². The van der Waals surface area contributed by atoms with Crippen molar-refractivity contribution in [3.05, 3.63) is 12.2 Å². The maximum absolute atomic E-state index is 11.8. The highest BCUT2D eigenvalue weighted by molar-refractivity contribution is 5.68. The summed E-state index contributed by atoms with van der Waals surface area (Å²) >= 11 is 0. The Balaban J connectivity index is 3.03. The lowest BCUT2D eigenvalue weighted by Gasteiger charge is -2.43. The fourth-order valence-electron chi connectivity index (χ4n) is 3.35. The predicted molar refractivity (Wildman–Crippen MR) is 116 cm³/mol. The highest BCUT2D eigenvalue weighted by Gasteiger charge is 2.52. The first-order valence-electron chi connectivity index (χ1n) is 11.2. The van der Waals surface area contributed by atoms with Crippen LogP contribution >= 0.6 is 0 Å². The quantitative estimate of drug-likeness (QED) is 0.171. The van der Waals surface area contributed by atoms with Gasteiger partial charge in [-0.3, -0.25) is 19.2 Å². The molecule has 0 saturated carbocycles. The number of carbonyl (C=O) groups excluding carboxylic acids is 4. The third-order valence-electron chi connectivity index (χ3n) is 4.70. The predicted octanol–water partition coefficient (Wildman–Crippen LogP) is 2.61. The molecule has 0 bridgehead atoms. The summed E-state index contributed by atoms with van der Waals surface area (Å²) in [4.78, 5) is 46.6. The van der Waals surface area contributed by atoms with Crippen LogP contribution in [-0.4, -0.2) is 67.8 Å². The number of hydrogen-bond acceptors (Lipinski definition) is 10. The van der Waals surface area contributed by atoms with E-state index in [1.165, 1.54) is 34.1 Å². The van der Waals surface area contributed by atoms with Crippen molar-refractivity contribution in [2.24, 2.45) is 0 Å². The summed E-state index contributed by atoms with van der Waals surface area (Å²) < 4.78 is 32.7. The summed E-state index contributed by atoms with van der Waals surface area (Å²) in [5.41, 5.74) is 0. The van der Waals surface area contributed by atoms with Crippen LogP contribution in [0.5, 0.6) is 0 Å². The Kier molecular flexibility index (Phi) is 13.3. The van der Waals surface area contributed by atoms with Crippen LogP contribution in [-0.2, 0) is 47.6 Å². The first-order valence-corrected chi connectivity index (χ1v) is 11.2. The van der Waals surface area contributed by atoms with Gasteiger partial charge < -0.3 is 28.4 Å². The van der Waals surface area contributed by atoms with E-state index < -0.39 is 54.6 Å². The van der Waals surface area contributed by atoms with Gasteiger partial charge in [0.2, 0.25) is 0 Å². The van der Waals surface area contributed by atoms with Crippen molar-refractivity contribution in [3.8, 4) is 0 Å². The van der Waals surface area contributed by atoms with Crippen molar-refractivity contribution in [2.45, 2.75) is 97.4 Å². The molecule has 0 aromatic rings. The van der Waals surface area contributed by atoms with Gasteiger partial charge >= 0.3 is 23.9 Å². The van der Waals surface area contributed by atoms with Crippen molar-refractivity contribution in [1.29, 1.82) is 0 Å². The average Bonchev–Trinajstić information content (AvgIpc) is 2.71. The number of ether oxygens (including phenoxy) is 6. The van der Waals surface area contributed by atoms with Gasteiger partial charge in [-0.25, -0.2) is 0 Å². The van der Waals surface area contributed by atoms with Crippen LogP contribution in [0.15, 0.2) is 12.2 Å². The number of esters is 4. The maximum atomic E-state index is 11.8. The zero-order valence-electron chi connectivity index (χ0n) is 20.1. The lowest BCUT2D eigenvalue weighted by molar-refractivity contribution is -0.305. The highest BCUT2D eigenvalue weighted by Crippen LogP contribution is 2.30. The smallest absolute Gasteiger partial charge is 0.303 e. The molecule has 0 N–H and O–H groups in total. The summed E-state index contributed by atoms with van der Waals surface area (Å²) in [5.74, 6) is -2.61. The molecule has 0 spiro atoms. The van der Waals surface area contributed by atoms with Crippen LogP contribution in [0, 0.1) is 0 Å². The van der Waals surface area contributed by atoms with E-state index in [4.69, 9.17) is 28.4 Å². The molecule has 1 aliphatic rings. The molecular formula is C23H36O10. The van der Waals surface area contributed by atoms with Gasteiger partial charge in [-0.05, 0) is 12.8 Å². The largest absolute Gasteiger partial charge is 0.463 e. The summed E-state index contributed by atoms with van der Waals surface area (Å²) in [5, 5.41) is 0. The third kappa shape index (κ3) is 11.3. The molecule has 1 heterocycles. The van der Waals surface area contributed by atoms with Crippen molar-refractivity contribution in [3.63, 3.8) is 0 Å². The SMILES string of the molecule is CCCCCC/C=C/CO[C@H]1O[C@H](COC(C)=O)[C@H](OC(C)=O)[C@H](OC(C)=O)[C@H]1OC(C)=O. The normalized spacial score (nSPS) is 24.8. The molecule has 0 amide bonds. The van der Waals surface area contributed by atoms with Crippen LogP contribution in [0.2, 0.25) is 0 Å². The van der Waals surface area contributed by atoms with Crippen molar-refractivity contribution < 1.29 is 47.6 Å². The summed E-state index contributed by atoms with van der Waals surface area (Å²) in [6.45, 7) is 6.74. The van der Waals surface area contributed by atoms with Gasteiger partial charge in [0.15, 0.2) is 24.6 Å². The summed E-state index contributed by atoms with van der Waals surface area (Å²) in [6, 6.07) is 0. The highest BCUT2D eigenvalue weighted by atomic mass is 16.7. The lowest BCUT2D eigenvalue weighted by Crippen LogP contribution is -2.62. The van der Waals surface area contributed by atoms with Crippen molar-refractivity contribution in [1.82, 2.24) is 0 Å². The van der Waals surface area contributed by atoms with Gasteiger partial charge in [-0.2, -0.15) is 0 Å². The summed E-state index contributed by atoms with van der Waals surface area (Å²) in [7, 11) is 0. The molecule has 1 aliphatic heterocycles. The van der Waals surface area contributed by atoms with Gasteiger partial charge in [-0.15, -0.1) is 0 Å². The average molecular weight is 473 g/mol. The van der Waals surface area contributed by atoms with E-state index in [0.29, 0.717) is 0 Å². The molecule has 0 radical (unpaired) electrons.